The smallest absolute Gasteiger partial charge is 0.222 e. The molecular formula is C10H11N3OS. The first kappa shape index (κ1) is 10.0. The molecule has 0 radical (unpaired) electrons. The van der Waals surface area contributed by atoms with Gasteiger partial charge in [-0.15, -0.1) is 11.3 Å². The van der Waals surface area contributed by atoms with Gasteiger partial charge in [0.25, 0.3) is 0 Å². The van der Waals surface area contributed by atoms with Gasteiger partial charge in [-0.05, 0) is 19.9 Å². The highest BCUT2D eigenvalue weighted by Crippen LogP contribution is 2.16. The molecule has 2 aromatic rings. The summed E-state index contributed by atoms with van der Waals surface area (Å²) in [6.45, 7) is 4.55. The van der Waals surface area contributed by atoms with Gasteiger partial charge in [0.05, 0.1) is 9.88 Å². The predicted molar refractivity (Wildman–Crippen MR) is 58.2 cm³/mol. The van der Waals surface area contributed by atoms with Crippen molar-refractivity contribution in [2.75, 3.05) is 0 Å². The van der Waals surface area contributed by atoms with Crippen LogP contribution in [-0.4, -0.2) is 20.5 Å². The van der Waals surface area contributed by atoms with E-state index in [1.54, 1.807) is 23.1 Å². The van der Waals surface area contributed by atoms with Crippen LogP contribution in [0.25, 0.3) is 0 Å². The normalized spacial score (nSPS) is 10.5. The maximum Gasteiger partial charge on any atom is 0.222 e. The zero-order valence-corrected chi connectivity index (χ0v) is 9.41. The highest BCUT2D eigenvalue weighted by atomic mass is 32.1. The second-order valence-electron chi connectivity index (χ2n) is 3.10. The first-order valence-electron chi connectivity index (χ1n) is 4.71. The van der Waals surface area contributed by atoms with E-state index in [-0.39, 0.29) is 5.78 Å². The standard InChI is InChI=1S/C10H11N3OS/c1-3-13-8(4-5-12-13)10(14)9-6-11-7(2)15-9/h4-6H,3H2,1-2H3. The van der Waals surface area contributed by atoms with Crippen molar-refractivity contribution >= 4 is 17.1 Å². The molecule has 0 bridgehead atoms. The van der Waals surface area contributed by atoms with Crippen molar-refractivity contribution in [3.05, 3.63) is 34.0 Å². The number of carbonyl (C=O) groups is 1. The lowest BCUT2D eigenvalue weighted by molar-refractivity contribution is 0.103. The van der Waals surface area contributed by atoms with Gasteiger partial charge < -0.3 is 0 Å². The van der Waals surface area contributed by atoms with Crippen LogP contribution >= 0.6 is 11.3 Å². The fourth-order valence-electron chi connectivity index (χ4n) is 1.37. The molecule has 5 heteroatoms. The monoisotopic (exact) mass is 221 g/mol. The summed E-state index contributed by atoms with van der Waals surface area (Å²) in [6.07, 6.45) is 3.26. The third-order valence-corrected chi connectivity index (χ3v) is 3.01. The molecule has 0 fully saturated rings. The van der Waals surface area contributed by atoms with Gasteiger partial charge in [0.1, 0.15) is 5.69 Å². The summed E-state index contributed by atoms with van der Waals surface area (Å²) < 4.78 is 1.69. The van der Waals surface area contributed by atoms with Gasteiger partial charge in [-0.1, -0.05) is 0 Å². The lowest BCUT2D eigenvalue weighted by Gasteiger charge is -2.00. The topological polar surface area (TPSA) is 47.8 Å². The van der Waals surface area contributed by atoms with Crippen LogP contribution in [0.1, 0.15) is 27.3 Å². The Bertz CT molecular complexity index is 486. The van der Waals surface area contributed by atoms with E-state index >= 15 is 0 Å². The largest absolute Gasteiger partial charge is 0.286 e. The second-order valence-corrected chi connectivity index (χ2v) is 4.34. The van der Waals surface area contributed by atoms with E-state index < -0.39 is 0 Å². The summed E-state index contributed by atoms with van der Waals surface area (Å²) in [7, 11) is 0. The Morgan fingerprint density at radius 1 is 1.60 bits per heavy atom. The Morgan fingerprint density at radius 2 is 2.40 bits per heavy atom. The summed E-state index contributed by atoms with van der Waals surface area (Å²) in [5.41, 5.74) is 0.626. The molecular weight excluding hydrogens is 210 g/mol. The number of nitrogens with zero attached hydrogens (tertiary/aromatic N) is 3. The fraction of sp³-hybridized carbons (Fsp3) is 0.300. The van der Waals surface area contributed by atoms with Crippen LogP contribution in [0.3, 0.4) is 0 Å². The van der Waals surface area contributed by atoms with E-state index in [4.69, 9.17) is 0 Å². The average molecular weight is 221 g/mol. The SMILES string of the molecule is CCn1nccc1C(=O)c1cnc(C)s1. The molecule has 15 heavy (non-hydrogen) atoms. The molecule has 0 saturated carbocycles. The quantitative estimate of drug-likeness (QED) is 0.744. The molecule has 0 N–H and O–H groups in total. The number of ketones is 1. The van der Waals surface area contributed by atoms with Crippen LogP contribution in [0.5, 0.6) is 0 Å². The van der Waals surface area contributed by atoms with Crippen molar-refractivity contribution in [1.82, 2.24) is 14.8 Å². The third kappa shape index (κ3) is 1.83. The molecule has 0 aliphatic carbocycles. The Hall–Kier alpha value is -1.49. The number of aromatic nitrogens is 3. The van der Waals surface area contributed by atoms with Crippen molar-refractivity contribution in [3.63, 3.8) is 0 Å². The number of aryl methyl sites for hydroxylation is 2. The van der Waals surface area contributed by atoms with Crippen LogP contribution in [0.4, 0.5) is 0 Å². The van der Waals surface area contributed by atoms with Crippen LogP contribution in [0.2, 0.25) is 0 Å². The number of thiazole rings is 1. The van der Waals surface area contributed by atoms with Gasteiger partial charge in [-0.25, -0.2) is 4.98 Å². The minimum atomic E-state index is -0.0000463. The van der Waals surface area contributed by atoms with Gasteiger partial charge in [-0.3, -0.25) is 9.48 Å². The molecule has 2 heterocycles. The average Bonchev–Trinajstić information content (AvgIpc) is 2.84. The fourth-order valence-corrected chi connectivity index (χ4v) is 2.10. The van der Waals surface area contributed by atoms with E-state index in [0.29, 0.717) is 17.1 Å². The molecule has 0 spiro atoms. The summed E-state index contributed by atoms with van der Waals surface area (Å²) in [4.78, 5) is 16.8. The first-order valence-corrected chi connectivity index (χ1v) is 5.53. The van der Waals surface area contributed by atoms with Gasteiger partial charge in [0.15, 0.2) is 0 Å². The molecule has 0 aliphatic rings. The van der Waals surface area contributed by atoms with Crippen molar-refractivity contribution in [3.8, 4) is 0 Å². The lowest BCUT2D eigenvalue weighted by atomic mass is 10.2. The van der Waals surface area contributed by atoms with E-state index in [0.717, 1.165) is 5.01 Å². The Morgan fingerprint density at radius 3 is 3.00 bits per heavy atom. The second kappa shape index (κ2) is 3.94. The molecule has 4 nitrogen and oxygen atoms in total. The van der Waals surface area contributed by atoms with E-state index in [9.17, 15) is 4.79 Å². The Balaban J connectivity index is 2.36. The lowest BCUT2D eigenvalue weighted by Crippen LogP contribution is -2.09. The Labute approximate surface area is 91.6 Å². The van der Waals surface area contributed by atoms with Crippen LogP contribution in [0, 0.1) is 6.92 Å². The third-order valence-electron chi connectivity index (χ3n) is 2.09. The van der Waals surface area contributed by atoms with Crippen molar-refractivity contribution in [2.24, 2.45) is 0 Å². The van der Waals surface area contributed by atoms with Crippen molar-refractivity contribution in [1.29, 1.82) is 0 Å². The van der Waals surface area contributed by atoms with Gasteiger partial charge in [-0.2, -0.15) is 5.10 Å². The first-order chi connectivity index (χ1) is 7.22. The molecule has 0 aromatic carbocycles. The number of hydrogen-bond acceptors (Lipinski definition) is 4. The van der Waals surface area contributed by atoms with Crippen LogP contribution in [0.15, 0.2) is 18.5 Å². The van der Waals surface area contributed by atoms with Crippen molar-refractivity contribution < 1.29 is 4.79 Å². The van der Waals surface area contributed by atoms with E-state index in [1.807, 2.05) is 13.8 Å². The minimum absolute atomic E-state index is 0.0000463. The summed E-state index contributed by atoms with van der Waals surface area (Å²) in [5, 5.41) is 4.97. The van der Waals surface area contributed by atoms with Crippen LogP contribution < -0.4 is 0 Å². The molecule has 0 aliphatic heterocycles. The van der Waals surface area contributed by atoms with E-state index in [1.165, 1.54) is 11.3 Å². The summed E-state index contributed by atoms with van der Waals surface area (Å²) in [5.74, 6) is -0.0000463. The summed E-state index contributed by atoms with van der Waals surface area (Å²) >= 11 is 1.41. The van der Waals surface area contributed by atoms with Crippen molar-refractivity contribution in [2.45, 2.75) is 20.4 Å². The molecule has 0 unspecified atom stereocenters. The maximum atomic E-state index is 12.0. The summed E-state index contributed by atoms with van der Waals surface area (Å²) in [6, 6.07) is 1.74. The van der Waals surface area contributed by atoms with Gasteiger partial charge in [0, 0.05) is 18.9 Å². The maximum absolute atomic E-state index is 12.0. The molecule has 2 aromatic heterocycles. The number of rotatable bonds is 3. The van der Waals surface area contributed by atoms with Crippen LogP contribution in [-0.2, 0) is 6.54 Å². The molecule has 0 atom stereocenters. The van der Waals surface area contributed by atoms with Gasteiger partial charge in [0.2, 0.25) is 5.78 Å². The number of carbonyl (C=O) groups excluding carboxylic acids is 1. The van der Waals surface area contributed by atoms with E-state index in [2.05, 4.69) is 10.1 Å². The highest BCUT2D eigenvalue weighted by molar-refractivity contribution is 7.13. The Kier molecular flexibility index (Phi) is 2.64. The number of hydrogen-bond donors (Lipinski definition) is 0. The molecule has 78 valence electrons. The zero-order chi connectivity index (χ0) is 10.8. The molecule has 2 rings (SSSR count). The molecule has 0 amide bonds. The predicted octanol–water partition coefficient (Wildman–Crippen LogP) is 1.90. The highest BCUT2D eigenvalue weighted by Gasteiger charge is 2.15. The zero-order valence-electron chi connectivity index (χ0n) is 8.60. The van der Waals surface area contributed by atoms with Gasteiger partial charge >= 0.3 is 0 Å². The minimum Gasteiger partial charge on any atom is -0.286 e. The molecule has 0 saturated heterocycles.